The molecule has 0 amide bonds. The van der Waals surface area contributed by atoms with Crippen LogP contribution in [0.4, 0.5) is 0 Å². The Kier molecular flexibility index (Phi) is 2.75. The molecule has 0 saturated carbocycles. The fourth-order valence-electron chi connectivity index (χ4n) is 1.56. The van der Waals surface area contributed by atoms with Gasteiger partial charge in [0, 0.05) is 17.8 Å². The molecule has 1 heterocycles. The summed E-state index contributed by atoms with van der Waals surface area (Å²) in [6.07, 6.45) is 4.81. The molecule has 2 nitrogen and oxygen atoms in total. The minimum absolute atomic E-state index is 1.02. The second-order valence-corrected chi connectivity index (χ2v) is 3.41. The van der Waals surface area contributed by atoms with E-state index in [1.165, 1.54) is 16.3 Å². The highest BCUT2D eigenvalue weighted by atomic mass is 14.8. The first-order valence-corrected chi connectivity index (χ1v) is 4.87. The number of benzene rings is 1. The van der Waals surface area contributed by atoms with E-state index in [1.807, 2.05) is 25.5 Å². The first kappa shape index (κ1) is 9.16. The summed E-state index contributed by atoms with van der Waals surface area (Å²) in [6, 6.07) is 8.58. The standard InChI is InChI=1S/C12H14N2/c1-13-6-4-10-2-3-11-5-7-14-9-12(11)8-10/h2-3,5,7-9,13H,4,6H2,1H3. The van der Waals surface area contributed by atoms with Crippen LogP contribution < -0.4 is 5.32 Å². The Hall–Kier alpha value is -1.41. The molecule has 0 atom stereocenters. The van der Waals surface area contributed by atoms with Crippen molar-refractivity contribution < 1.29 is 0 Å². The third-order valence-electron chi connectivity index (χ3n) is 2.37. The van der Waals surface area contributed by atoms with Crippen LogP contribution in [-0.2, 0) is 6.42 Å². The van der Waals surface area contributed by atoms with Gasteiger partial charge >= 0.3 is 0 Å². The maximum Gasteiger partial charge on any atom is 0.0346 e. The lowest BCUT2D eigenvalue weighted by Gasteiger charge is -2.02. The molecule has 1 N–H and O–H groups in total. The highest BCUT2D eigenvalue weighted by Gasteiger charge is 1.95. The summed E-state index contributed by atoms with van der Waals surface area (Å²) in [7, 11) is 1.97. The fraction of sp³-hybridized carbons (Fsp3) is 0.250. The zero-order chi connectivity index (χ0) is 9.80. The smallest absolute Gasteiger partial charge is 0.0346 e. The minimum Gasteiger partial charge on any atom is -0.319 e. The van der Waals surface area contributed by atoms with E-state index in [9.17, 15) is 0 Å². The molecule has 2 aromatic rings. The molecule has 2 rings (SSSR count). The van der Waals surface area contributed by atoms with Crippen molar-refractivity contribution >= 4 is 10.8 Å². The van der Waals surface area contributed by atoms with E-state index in [4.69, 9.17) is 0 Å². The van der Waals surface area contributed by atoms with Crippen LogP contribution in [0.15, 0.2) is 36.7 Å². The average Bonchev–Trinajstić information content (AvgIpc) is 2.26. The number of likely N-dealkylation sites (N-methyl/N-ethyl adjacent to an activating group) is 1. The molecular weight excluding hydrogens is 172 g/mol. The number of aromatic nitrogens is 1. The number of rotatable bonds is 3. The number of pyridine rings is 1. The van der Waals surface area contributed by atoms with Crippen molar-refractivity contribution in [3.05, 3.63) is 42.2 Å². The van der Waals surface area contributed by atoms with E-state index in [0.29, 0.717) is 0 Å². The van der Waals surface area contributed by atoms with Crippen LogP contribution in [0, 0.1) is 0 Å². The van der Waals surface area contributed by atoms with Gasteiger partial charge in [0.15, 0.2) is 0 Å². The van der Waals surface area contributed by atoms with Gasteiger partial charge in [-0.15, -0.1) is 0 Å². The SMILES string of the molecule is CNCCc1ccc2ccncc2c1. The van der Waals surface area contributed by atoms with Gasteiger partial charge in [0.25, 0.3) is 0 Å². The van der Waals surface area contributed by atoms with E-state index >= 15 is 0 Å². The normalized spacial score (nSPS) is 10.6. The van der Waals surface area contributed by atoms with Crippen molar-refractivity contribution in [2.75, 3.05) is 13.6 Å². The average molecular weight is 186 g/mol. The molecule has 1 aromatic carbocycles. The number of hydrogen-bond acceptors (Lipinski definition) is 2. The predicted octanol–water partition coefficient (Wildman–Crippen LogP) is 2.00. The Morgan fingerprint density at radius 1 is 1.21 bits per heavy atom. The third-order valence-corrected chi connectivity index (χ3v) is 2.37. The molecule has 0 unspecified atom stereocenters. The maximum atomic E-state index is 4.12. The van der Waals surface area contributed by atoms with Gasteiger partial charge in [0.1, 0.15) is 0 Å². The van der Waals surface area contributed by atoms with E-state index in [2.05, 4.69) is 28.5 Å². The van der Waals surface area contributed by atoms with E-state index in [-0.39, 0.29) is 0 Å². The zero-order valence-electron chi connectivity index (χ0n) is 8.33. The number of hydrogen-bond donors (Lipinski definition) is 1. The first-order chi connectivity index (χ1) is 6.90. The summed E-state index contributed by atoms with van der Waals surface area (Å²) in [5.41, 5.74) is 1.36. The molecule has 14 heavy (non-hydrogen) atoms. The summed E-state index contributed by atoms with van der Waals surface area (Å²) in [5, 5.41) is 5.63. The van der Waals surface area contributed by atoms with Crippen LogP contribution in [0.25, 0.3) is 10.8 Å². The fourth-order valence-corrected chi connectivity index (χ4v) is 1.56. The van der Waals surface area contributed by atoms with Crippen molar-refractivity contribution in [2.45, 2.75) is 6.42 Å². The monoisotopic (exact) mass is 186 g/mol. The molecule has 0 spiro atoms. The second-order valence-electron chi connectivity index (χ2n) is 3.41. The Balaban J connectivity index is 2.32. The molecule has 72 valence electrons. The molecule has 0 saturated heterocycles. The third kappa shape index (κ3) is 1.91. The first-order valence-electron chi connectivity index (χ1n) is 4.87. The molecule has 2 heteroatoms. The van der Waals surface area contributed by atoms with Crippen LogP contribution >= 0.6 is 0 Å². The maximum absolute atomic E-state index is 4.12. The van der Waals surface area contributed by atoms with Gasteiger partial charge in [-0.1, -0.05) is 12.1 Å². The van der Waals surface area contributed by atoms with Gasteiger partial charge in [0.05, 0.1) is 0 Å². The molecule has 0 bridgehead atoms. The van der Waals surface area contributed by atoms with Crippen LogP contribution in [0.1, 0.15) is 5.56 Å². The van der Waals surface area contributed by atoms with Gasteiger partial charge in [-0.05, 0) is 43.1 Å². The Morgan fingerprint density at radius 3 is 3.00 bits per heavy atom. The zero-order valence-corrected chi connectivity index (χ0v) is 8.33. The quantitative estimate of drug-likeness (QED) is 0.793. The number of nitrogens with zero attached hydrogens (tertiary/aromatic N) is 1. The number of fused-ring (bicyclic) bond motifs is 1. The van der Waals surface area contributed by atoms with E-state index in [1.54, 1.807) is 0 Å². The van der Waals surface area contributed by atoms with Crippen molar-refractivity contribution in [1.82, 2.24) is 10.3 Å². The van der Waals surface area contributed by atoms with Gasteiger partial charge in [0.2, 0.25) is 0 Å². The van der Waals surface area contributed by atoms with Crippen molar-refractivity contribution in [3.8, 4) is 0 Å². The van der Waals surface area contributed by atoms with Gasteiger partial charge in [-0.2, -0.15) is 0 Å². The lowest BCUT2D eigenvalue weighted by molar-refractivity contribution is 0.792. The van der Waals surface area contributed by atoms with E-state index in [0.717, 1.165) is 13.0 Å². The topological polar surface area (TPSA) is 24.9 Å². The molecular formula is C12H14N2. The summed E-state index contributed by atoms with van der Waals surface area (Å²) in [6.45, 7) is 1.02. The molecule has 0 aliphatic heterocycles. The molecule has 0 aliphatic rings. The molecule has 1 aromatic heterocycles. The van der Waals surface area contributed by atoms with Crippen LogP contribution in [0.3, 0.4) is 0 Å². The summed E-state index contributed by atoms with van der Waals surface area (Å²) in [4.78, 5) is 4.12. The Morgan fingerprint density at radius 2 is 2.14 bits per heavy atom. The minimum atomic E-state index is 1.02. The molecule has 0 radical (unpaired) electrons. The Labute approximate surface area is 84.0 Å². The van der Waals surface area contributed by atoms with Crippen LogP contribution in [-0.4, -0.2) is 18.6 Å². The van der Waals surface area contributed by atoms with Gasteiger partial charge in [-0.25, -0.2) is 0 Å². The van der Waals surface area contributed by atoms with Crippen LogP contribution in [0.2, 0.25) is 0 Å². The van der Waals surface area contributed by atoms with E-state index < -0.39 is 0 Å². The van der Waals surface area contributed by atoms with Crippen molar-refractivity contribution in [2.24, 2.45) is 0 Å². The summed E-state index contributed by atoms with van der Waals surface area (Å²) in [5.74, 6) is 0. The van der Waals surface area contributed by atoms with Crippen LogP contribution in [0.5, 0.6) is 0 Å². The summed E-state index contributed by atoms with van der Waals surface area (Å²) < 4.78 is 0. The van der Waals surface area contributed by atoms with Crippen molar-refractivity contribution in [3.63, 3.8) is 0 Å². The highest BCUT2D eigenvalue weighted by Crippen LogP contribution is 2.14. The largest absolute Gasteiger partial charge is 0.319 e. The molecule has 0 aliphatic carbocycles. The molecule has 0 fully saturated rings. The van der Waals surface area contributed by atoms with Gasteiger partial charge < -0.3 is 5.32 Å². The predicted molar refractivity (Wildman–Crippen MR) is 59.4 cm³/mol. The number of nitrogens with one attached hydrogen (secondary N) is 1. The lowest BCUT2D eigenvalue weighted by Crippen LogP contribution is -2.10. The van der Waals surface area contributed by atoms with Crippen molar-refractivity contribution in [1.29, 1.82) is 0 Å². The van der Waals surface area contributed by atoms with Gasteiger partial charge in [-0.3, -0.25) is 4.98 Å². The second kappa shape index (κ2) is 4.20. The highest BCUT2D eigenvalue weighted by molar-refractivity contribution is 5.81. The lowest BCUT2D eigenvalue weighted by atomic mass is 10.1. The Bertz CT molecular complexity index is 423. The summed E-state index contributed by atoms with van der Waals surface area (Å²) >= 11 is 0.